The molecule has 21 heavy (non-hydrogen) atoms. The molecule has 3 aromatic heterocycles. The van der Waals surface area contributed by atoms with Crippen molar-refractivity contribution in [3.63, 3.8) is 0 Å². The van der Waals surface area contributed by atoms with Crippen molar-refractivity contribution in [1.82, 2.24) is 15.0 Å². The van der Waals surface area contributed by atoms with E-state index in [1.807, 2.05) is 18.2 Å². The summed E-state index contributed by atoms with van der Waals surface area (Å²) in [4.78, 5) is 24.7. The van der Waals surface area contributed by atoms with Crippen molar-refractivity contribution < 1.29 is 6.22 Å². The molecule has 1 amide bonds. The van der Waals surface area contributed by atoms with Crippen LogP contribution in [0.5, 0.6) is 0 Å². The topological polar surface area (TPSA) is 67.8 Å². The Kier molecular flexibility index (Phi) is 3.35. The van der Waals surface area contributed by atoms with Gasteiger partial charge in [-0.1, -0.05) is 11.5 Å². The van der Waals surface area contributed by atoms with E-state index in [1.165, 1.54) is 0 Å². The van der Waals surface area contributed by atoms with E-state index in [2.05, 4.69) is 20.3 Å². The summed E-state index contributed by atoms with van der Waals surface area (Å²) in [6, 6.07) is 10.6. The minimum atomic E-state index is -0.333. The Bertz CT molecular complexity index is 841. The number of nitrogens with one attached hydrogen (secondary N) is 1. The van der Waals surface area contributed by atoms with Gasteiger partial charge in [0.05, 0.1) is 0 Å². The fraction of sp³-hybridized carbons (Fsp3) is 0.0667. The highest BCUT2D eigenvalue weighted by atomic mass is 16.1. The number of carbonyl (C=O) groups is 1. The van der Waals surface area contributed by atoms with Crippen LogP contribution in [-0.2, 0) is 0 Å². The van der Waals surface area contributed by atoms with Gasteiger partial charge in [0.2, 0.25) is 0 Å². The van der Waals surface area contributed by atoms with E-state index in [0.29, 0.717) is 28.3 Å². The molecule has 102 valence electrons. The predicted octanol–water partition coefficient (Wildman–Crippen LogP) is 1.63. The van der Waals surface area contributed by atoms with Gasteiger partial charge in [-0.25, -0.2) is 15.0 Å². The molecular weight excluding hydrogens is 263 g/mol. The first-order chi connectivity index (χ1) is 10.1. The molecule has 3 heterocycles. The minimum Gasteiger partial charge on any atom is -0.305 e. The molecular formula is C15H13BN4O. The smallest absolute Gasteiger partial charge is 0.275 e. The number of nitrogens with zero attached hydrogens (tertiary/aromatic N) is 3. The largest absolute Gasteiger partial charge is 0.305 e. The molecule has 0 saturated heterocycles. The number of aryl methyl sites for hydroxylation is 1. The second kappa shape index (κ2) is 5.32. The van der Waals surface area contributed by atoms with Gasteiger partial charge in [0.15, 0.2) is 5.65 Å². The highest BCUT2D eigenvalue weighted by Crippen LogP contribution is 2.13. The fourth-order valence-electron chi connectivity index (χ4n) is 1.90. The first-order valence-electron chi connectivity index (χ1n) is 6.40. The summed E-state index contributed by atoms with van der Waals surface area (Å²) in [5, 5.41) is 3.62. The van der Waals surface area contributed by atoms with E-state index in [0.717, 1.165) is 5.39 Å². The molecule has 0 aliphatic carbocycles. The van der Waals surface area contributed by atoms with Crippen LogP contribution in [0.3, 0.4) is 0 Å². The second-order valence-corrected chi connectivity index (χ2v) is 4.57. The third-order valence-corrected chi connectivity index (χ3v) is 3.06. The predicted molar refractivity (Wildman–Crippen MR) is 84.0 cm³/mol. The molecule has 3 rings (SSSR count). The van der Waals surface area contributed by atoms with Gasteiger partial charge in [-0.15, -0.1) is 0 Å². The van der Waals surface area contributed by atoms with Crippen molar-refractivity contribution in [3.05, 3.63) is 54.0 Å². The number of carbonyl (C=O) groups excluding carboxylic acids is 1. The molecule has 0 aliphatic rings. The summed E-state index contributed by atoms with van der Waals surface area (Å²) in [6.45, 7) is 1.75. The summed E-state index contributed by atoms with van der Waals surface area (Å²) in [6.07, 6.45) is 1.66. The molecule has 5 nitrogen and oxygen atoms in total. The molecule has 6 heteroatoms. The fourth-order valence-corrected chi connectivity index (χ4v) is 1.90. The summed E-state index contributed by atoms with van der Waals surface area (Å²) in [5.74, 6) is 0.100. The lowest BCUT2D eigenvalue weighted by Gasteiger charge is -2.06. The van der Waals surface area contributed by atoms with E-state index >= 15 is 0 Å². The minimum absolute atomic E-state index is 0. The SMILES string of the molecule is [B]c1ccc(C(=O)Nc2ccc3cccnc3n2)nc1C.[HH]. The van der Waals surface area contributed by atoms with E-state index in [-0.39, 0.29) is 7.33 Å². The summed E-state index contributed by atoms with van der Waals surface area (Å²) >= 11 is 0. The van der Waals surface area contributed by atoms with Crippen LogP contribution in [0.15, 0.2) is 42.6 Å². The van der Waals surface area contributed by atoms with Gasteiger partial charge in [-0.2, -0.15) is 0 Å². The standard InChI is InChI=1S/C15H11BN4O.H2/c1-9-11(16)5-6-12(18-9)15(21)20-13-7-4-10-3-2-8-17-14(10)19-13;/h2-8H,1H3,(H,17,19,20,21);1H. The van der Waals surface area contributed by atoms with Gasteiger partial charge in [0.1, 0.15) is 19.4 Å². The van der Waals surface area contributed by atoms with Crippen molar-refractivity contribution in [3.8, 4) is 0 Å². The Balaban J connectivity index is 0.00000176. The lowest BCUT2D eigenvalue weighted by Crippen LogP contribution is -2.18. The molecule has 0 spiro atoms. The molecule has 1 N–H and O–H groups in total. The Labute approximate surface area is 124 Å². The van der Waals surface area contributed by atoms with Gasteiger partial charge >= 0.3 is 0 Å². The van der Waals surface area contributed by atoms with Crippen LogP contribution in [0.1, 0.15) is 17.6 Å². The average molecular weight is 276 g/mol. The van der Waals surface area contributed by atoms with E-state index in [9.17, 15) is 4.79 Å². The zero-order valence-electron chi connectivity index (χ0n) is 11.4. The number of pyridine rings is 3. The molecule has 0 saturated carbocycles. The van der Waals surface area contributed by atoms with Crippen LogP contribution in [0.25, 0.3) is 11.0 Å². The van der Waals surface area contributed by atoms with Crippen LogP contribution in [-0.4, -0.2) is 28.7 Å². The molecule has 0 fully saturated rings. The third-order valence-electron chi connectivity index (χ3n) is 3.06. The number of rotatable bonds is 2. The average Bonchev–Trinajstić information content (AvgIpc) is 2.50. The zero-order valence-corrected chi connectivity index (χ0v) is 11.4. The Morgan fingerprint density at radius 3 is 2.86 bits per heavy atom. The molecule has 3 aromatic rings. The number of hydrogen-bond donors (Lipinski definition) is 1. The summed E-state index contributed by atoms with van der Waals surface area (Å²) in [5.41, 5.74) is 2.05. The van der Waals surface area contributed by atoms with Gasteiger partial charge < -0.3 is 5.32 Å². The van der Waals surface area contributed by atoms with Crippen molar-refractivity contribution >= 4 is 36.1 Å². The molecule has 0 atom stereocenters. The molecule has 0 unspecified atom stereocenters. The number of hydrogen-bond acceptors (Lipinski definition) is 4. The Morgan fingerprint density at radius 1 is 1.19 bits per heavy atom. The lowest BCUT2D eigenvalue weighted by atomic mass is 9.94. The van der Waals surface area contributed by atoms with Gasteiger partial charge in [-0.3, -0.25) is 4.79 Å². The summed E-state index contributed by atoms with van der Waals surface area (Å²) in [7, 11) is 5.69. The number of amides is 1. The normalized spacial score (nSPS) is 10.5. The number of anilines is 1. The monoisotopic (exact) mass is 276 g/mol. The van der Waals surface area contributed by atoms with Crippen molar-refractivity contribution in [2.45, 2.75) is 6.92 Å². The molecule has 0 aromatic carbocycles. The van der Waals surface area contributed by atoms with Crippen molar-refractivity contribution in [1.29, 1.82) is 0 Å². The van der Waals surface area contributed by atoms with E-state index < -0.39 is 0 Å². The third kappa shape index (κ3) is 2.74. The highest BCUT2D eigenvalue weighted by molar-refractivity contribution is 6.33. The van der Waals surface area contributed by atoms with Gasteiger partial charge in [-0.05, 0) is 37.3 Å². The maximum Gasteiger partial charge on any atom is 0.275 e. The maximum absolute atomic E-state index is 12.1. The number of fused-ring (bicyclic) bond motifs is 1. The van der Waals surface area contributed by atoms with E-state index in [1.54, 1.807) is 31.3 Å². The van der Waals surface area contributed by atoms with Crippen LogP contribution in [0.4, 0.5) is 5.82 Å². The van der Waals surface area contributed by atoms with Crippen LogP contribution < -0.4 is 10.8 Å². The zero-order chi connectivity index (χ0) is 14.8. The molecule has 2 radical (unpaired) electrons. The summed E-state index contributed by atoms with van der Waals surface area (Å²) < 4.78 is 0. The van der Waals surface area contributed by atoms with Crippen molar-refractivity contribution in [2.24, 2.45) is 0 Å². The first-order valence-corrected chi connectivity index (χ1v) is 6.40. The Morgan fingerprint density at radius 2 is 2.05 bits per heavy atom. The molecule has 0 aliphatic heterocycles. The van der Waals surface area contributed by atoms with E-state index in [4.69, 9.17) is 7.85 Å². The van der Waals surface area contributed by atoms with Crippen LogP contribution in [0.2, 0.25) is 0 Å². The lowest BCUT2D eigenvalue weighted by molar-refractivity contribution is 0.102. The second-order valence-electron chi connectivity index (χ2n) is 4.57. The quantitative estimate of drug-likeness (QED) is 0.722. The van der Waals surface area contributed by atoms with Gasteiger partial charge in [0, 0.05) is 18.7 Å². The van der Waals surface area contributed by atoms with Crippen LogP contribution in [0, 0.1) is 6.92 Å². The van der Waals surface area contributed by atoms with Gasteiger partial charge in [0.25, 0.3) is 5.91 Å². The first kappa shape index (κ1) is 13.2. The number of aromatic nitrogens is 3. The highest BCUT2D eigenvalue weighted by Gasteiger charge is 2.09. The van der Waals surface area contributed by atoms with Crippen LogP contribution >= 0.6 is 0 Å². The van der Waals surface area contributed by atoms with Crippen molar-refractivity contribution in [2.75, 3.05) is 5.32 Å². The maximum atomic E-state index is 12.1. The Hall–Kier alpha value is -2.76. The molecule has 0 bridgehead atoms.